The summed E-state index contributed by atoms with van der Waals surface area (Å²) >= 11 is 9.42. The molecule has 2 bridgehead atoms. The zero-order valence-electron chi connectivity index (χ0n) is 11.9. The molecule has 0 spiro atoms. The van der Waals surface area contributed by atoms with Gasteiger partial charge in [-0.1, -0.05) is 35.1 Å². The second kappa shape index (κ2) is 4.89. The maximum Gasteiger partial charge on any atom is 0.305 e. The summed E-state index contributed by atoms with van der Waals surface area (Å²) in [5.74, 6) is 2.72. The van der Waals surface area contributed by atoms with E-state index in [-0.39, 0.29) is 4.87 Å². The number of hydrogen-bond donors (Lipinski definition) is 1. The van der Waals surface area contributed by atoms with E-state index in [2.05, 4.69) is 17.1 Å². The molecular weight excluding hydrogens is 334 g/mol. The quantitative estimate of drug-likeness (QED) is 0.806. The standard InChI is InChI=1S/C17H16ClNOS2/c18-11-5-3-8(4-6-11)12-13-9-1-2-10(7-9)14(13)21-16-15(12)22-17(20)19-16/h3-6,9-10,12-14H,1-2,7H2,(H,19,20)/t9-,10-,12-,13-,14+/m1/s1. The Hall–Kier alpha value is -0.710. The van der Waals surface area contributed by atoms with E-state index in [1.54, 1.807) is 0 Å². The van der Waals surface area contributed by atoms with Crippen LogP contribution < -0.4 is 4.87 Å². The third-order valence-corrected chi connectivity index (χ3v) is 8.57. The first kappa shape index (κ1) is 13.7. The molecule has 0 unspecified atom stereocenters. The predicted molar refractivity (Wildman–Crippen MR) is 92.2 cm³/mol. The summed E-state index contributed by atoms with van der Waals surface area (Å²) in [6.45, 7) is 0. The monoisotopic (exact) mass is 349 g/mol. The first-order valence-electron chi connectivity index (χ1n) is 7.86. The van der Waals surface area contributed by atoms with Gasteiger partial charge < -0.3 is 4.98 Å². The maximum atomic E-state index is 11.9. The van der Waals surface area contributed by atoms with Gasteiger partial charge in [0.2, 0.25) is 0 Å². The van der Waals surface area contributed by atoms with Crippen LogP contribution in [-0.4, -0.2) is 10.2 Å². The van der Waals surface area contributed by atoms with Crippen molar-refractivity contribution in [3.8, 4) is 0 Å². The number of nitrogens with one attached hydrogen (secondary N) is 1. The van der Waals surface area contributed by atoms with Crippen molar-refractivity contribution in [3.63, 3.8) is 0 Å². The molecule has 22 heavy (non-hydrogen) atoms. The molecule has 5 heteroatoms. The van der Waals surface area contributed by atoms with Gasteiger partial charge >= 0.3 is 4.87 Å². The number of thiazole rings is 1. The highest BCUT2D eigenvalue weighted by molar-refractivity contribution is 8.00. The average molecular weight is 350 g/mol. The number of fused-ring (bicyclic) bond motifs is 6. The second-order valence-corrected chi connectivity index (χ2v) is 9.37. The van der Waals surface area contributed by atoms with Crippen molar-refractivity contribution in [1.29, 1.82) is 0 Å². The highest BCUT2D eigenvalue weighted by atomic mass is 35.5. The first-order chi connectivity index (χ1) is 10.7. The molecule has 2 aliphatic carbocycles. The van der Waals surface area contributed by atoms with Crippen LogP contribution in [0, 0.1) is 17.8 Å². The lowest BCUT2D eigenvalue weighted by molar-refractivity contribution is 0.307. The number of halogens is 1. The molecule has 5 atom stereocenters. The van der Waals surface area contributed by atoms with Crippen molar-refractivity contribution in [1.82, 2.24) is 4.98 Å². The molecule has 2 fully saturated rings. The van der Waals surface area contributed by atoms with Gasteiger partial charge in [-0.2, -0.15) is 0 Å². The lowest BCUT2D eigenvalue weighted by atomic mass is 9.75. The van der Waals surface area contributed by atoms with E-state index in [4.69, 9.17) is 11.6 Å². The smallest absolute Gasteiger partial charge is 0.305 e. The molecule has 2 heterocycles. The number of rotatable bonds is 1. The molecule has 1 aromatic carbocycles. The number of hydrogen-bond acceptors (Lipinski definition) is 3. The van der Waals surface area contributed by atoms with Crippen LogP contribution in [-0.2, 0) is 0 Å². The van der Waals surface area contributed by atoms with Gasteiger partial charge in [0, 0.05) is 21.1 Å². The Kier molecular flexibility index (Phi) is 3.05. The van der Waals surface area contributed by atoms with Crippen molar-refractivity contribution in [2.45, 2.75) is 35.5 Å². The highest BCUT2D eigenvalue weighted by Crippen LogP contribution is 2.63. The Labute approximate surface area is 142 Å². The van der Waals surface area contributed by atoms with Gasteiger partial charge in [0.15, 0.2) is 0 Å². The van der Waals surface area contributed by atoms with Gasteiger partial charge in [-0.3, -0.25) is 4.79 Å². The molecule has 0 saturated heterocycles. The fourth-order valence-electron chi connectivity index (χ4n) is 4.89. The molecule has 1 N–H and O–H groups in total. The van der Waals surface area contributed by atoms with E-state index in [0.717, 1.165) is 21.9 Å². The predicted octanol–water partition coefficient (Wildman–Crippen LogP) is 4.74. The molecule has 0 radical (unpaired) electrons. The van der Waals surface area contributed by atoms with E-state index in [1.807, 2.05) is 23.9 Å². The molecule has 3 aliphatic rings. The SMILES string of the molecule is O=c1[nH]c2c(s1)[C@H](c1ccc(Cl)cc1)[C@H]1[C@@H]3CC[C@H](C3)[C@@H]1S2. The lowest BCUT2D eigenvalue weighted by Gasteiger charge is -2.40. The molecule has 5 rings (SSSR count). The third kappa shape index (κ3) is 1.90. The largest absolute Gasteiger partial charge is 0.307 e. The molecule has 2 aromatic rings. The van der Waals surface area contributed by atoms with Crippen LogP contribution >= 0.6 is 34.7 Å². The summed E-state index contributed by atoms with van der Waals surface area (Å²) in [6.07, 6.45) is 4.12. The topological polar surface area (TPSA) is 32.9 Å². The number of aromatic nitrogens is 1. The number of thioether (sulfide) groups is 1. The molecule has 1 aliphatic heterocycles. The molecule has 2 saturated carbocycles. The molecule has 0 amide bonds. The van der Waals surface area contributed by atoms with Crippen molar-refractivity contribution < 1.29 is 0 Å². The summed E-state index contributed by atoms with van der Waals surface area (Å²) in [7, 11) is 0. The minimum Gasteiger partial charge on any atom is -0.307 e. The van der Waals surface area contributed by atoms with Crippen molar-refractivity contribution in [3.05, 3.63) is 49.4 Å². The van der Waals surface area contributed by atoms with Crippen molar-refractivity contribution in [2.24, 2.45) is 17.8 Å². The second-order valence-electron chi connectivity index (χ2n) is 6.73. The molecule has 2 nitrogen and oxygen atoms in total. The summed E-state index contributed by atoms with van der Waals surface area (Å²) < 4.78 is 0. The van der Waals surface area contributed by atoms with Crippen LogP contribution in [0.3, 0.4) is 0 Å². The number of H-pyrrole nitrogens is 1. The van der Waals surface area contributed by atoms with Crippen LogP contribution in [0.25, 0.3) is 0 Å². The van der Waals surface area contributed by atoms with Crippen LogP contribution in [0.15, 0.2) is 34.1 Å². The van der Waals surface area contributed by atoms with E-state index in [9.17, 15) is 4.79 Å². The highest BCUT2D eigenvalue weighted by Gasteiger charge is 2.54. The minimum absolute atomic E-state index is 0.0868. The van der Waals surface area contributed by atoms with Gasteiger partial charge in [-0.05, 0) is 54.7 Å². The first-order valence-corrected chi connectivity index (χ1v) is 9.93. The normalized spacial score (nSPS) is 35.4. The Morgan fingerprint density at radius 3 is 2.73 bits per heavy atom. The zero-order chi connectivity index (χ0) is 14.8. The maximum absolute atomic E-state index is 11.9. The number of benzene rings is 1. The summed E-state index contributed by atoms with van der Waals surface area (Å²) in [6, 6.07) is 8.27. The lowest BCUT2D eigenvalue weighted by Crippen LogP contribution is -2.33. The van der Waals surface area contributed by atoms with E-state index >= 15 is 0 Å². The molecule has 114 valence electrons. The van der Waals surface area contributed by atoms with Gasteiger partial charge in [0.05, 0.1) is 5.03 Å². The van der Waals surface area contributed by atoms with E-state index < -0.39 is 0 Å². The minimum atomic E-state index is 0.0868. The van der Waals surface area contributed by atoms with Gasteiger partial charge in [-0.15, -0.1) is 11.8 Å². The summed E-state index contributed by atoms with van der Waals surface area (Å²) in [5.41, 5.74) is 1.32. The van der Waals surface area contributed by atoms with Crippen LogP contribution in [0.1, 0.15) is 35.6 Å². The molecular formula is C17H16ClNOS2. The van der Waals surface area contributed by atoms with Crippen LogP contribution in [0.5, 0.6) is 0 Å². The average Bonchev–Trinajstić information content (AvgIpc) is 3.19. The van der Waals surface area contributed by atoms with Crippen LogP contribution in [0.2, 0.25) is 5.02 Å². The number of aromatic amines is 1. The fourth-order valence-corrected chi connectivity index (χ4v) is 7.91. The summed E-state index contributed by atoms with van der Waals surface area (Å²) in [5, 5.41) is 2.59. The third-order valence-electron chi connectivity index (χ3n) is 5.69. The van der Waals surface area contributed by atoms with Gasteiger partial charge in [-0.25, -0.2) is 0 Å². The Morgan fingerprint density at radius 2 is 1.91 bits per heavy atom. The Balaban J connectivity index is 1.68. The molecule has 1 aromatic heterocycles. The van der Waals surface area contributed by atoms with Crippen LogP contribution in [0.4, 0.5) is 0 Å². The van der Waals surface area contributed by atoms with Gasteiger partial charge in [0.1, 0.15) is 0 Å². The van der Waals surface area contributed by atoms with Crippen molar-refractivity contribution in [2.75, 3.05) is 0 Å². The zero-order valence-corrected chi connectivity index (χ0v) is 14.3. The van der Waals surface area contributed by atoms with E-state index in [0.29, 0.717) is 17.1 Å². The fraction of sp³-hybridized carbons (Fsp3) is 0.471. The Bertz CT molecular complexity index is 781. The summed E-state index contributed by atoms with van der Waals surface area (Å²) in [4.78, 5) is 16.3. The van der Waals surface area contributed by atoms with E-state index in [1.165, 1.54) is 41.0 Å². The Morgan fingerprint density at radius 1 is 1.14 bits per heavy atom. The van der Waals surface area contributed by atoms with Gasteiger partial charge in [0.25, 0.3) is 0 Å². The van der Waals surface area contributed by atoms with Crippen molar-refractivity contribution >= 4 is 34.7 Å².